The van der Waals surface area contributed by atoms with Crippen molar-refractivity contribution in [2.75, 3.05) is 45.5 Å². The van der Waals surface area contributed by atoms with Crippen LogP contribution in [0.3, 0.4) is 0 Å². The molecule has 0 amide bonds. The van der Waals surface area contributed by atoms with Crippen molar-refractivity contribution >= 4 is 22.7 Å². The second kappa shape index (κ2) is 8.26. The molecule has 0 aliphatic heterocycles. The highest BCUT2D eigenvalue weighted by atomic mass is 16.5. The van der Waals surface area contributed by atoms with Gasteiger partial charge >= 0.3 is 0 Å². The molecule has 0 bridgehead atoms. The molecule has 0 aliphatic rings. The Bertz CT molecular complexity index is 979. The van der Waals surface area contributed by atoms with E-state index in [9.17, 15) is 0 Å². The minimum atomic E-state index is 0.201. The van der Waals surface area contributed by atoms with Gasteiger partial charge < -0.3 is 25.3 Å². The van der Waals surface area contributed by atoms with Gasteiger partial charge in [0.2, 0.25) is 5.95 Å². The molecular weight excluding hydrogens is 358 g/mol. The van der Waals surface area contributed by atoms with Gasteiger partial charge in [0.25, 0.3) is 0 Å². The number of pyridine rings is 1. The number of nitrogen functional groups attached to an aromatic ring is 1. The number of nitrogens with one attached hydrogen (secondary N) is 1. The van der Waals surface area contributed by atoms with E-state index in [4.69, 9.17) is 24.9 Å². The lowest BCUT2D eigenvalue weighted by Crippen LogP contribution is -2.11. The summed E-state index contributed by atoms with van der Waals surface area (Å²) in [5.41, 5.74) is 10.1. The van der Waals surface area contributed by atoms with Crippen LogP contribution in [-0.4, -0.2) is 49.4 Å². The molecule has 0 unspecified atom stereocenters. The summed E-state index contributed by atoms with van der Waals surface area (Å²) in [6, 6.07) is 3.83. The topological polar surface area (TPSA) is 104 Å². The third-order valence-corrected chi connectivity index (χ3v) is 4.63. The summed E-state index contributed by atoms with van der Waals surface area (Å²) < 4.78 is 16.2. The number of nitrogens with zero attached hydrogens (tertiary/aromatic N) is 3. The highest BCUT2D eigenvalue weighted by Crippen LogP contribution is 2.39. The Kier molecular flexibility index (Phi) is 5.79. The number of nitrogens with two attached hydrogens (primary N) is 1. The Morgan fingerprint density at radius 2 is 1.68 bits per heavy atom. The minimum absolute atomic E-state index is 0.201. The van der Waals surface area contributed by atoms with Gasteiger partial charge in [-0.05, 0) is 19.9 Å². The molecule has 3 rings (SSSR count). The Morgan fingerprint density at radius 1 is 1.00 bits per heavy atom. The molecule has 3 N–H and O–H groups in total. The predicted molar refractivity (Wildman–Crippen MR) is 110 cm³/mol. The maximum Gasteiger partial charge on any atom is 0.220 e. The predicted octanol–water partition coefficient (Wildman–Crippen LogP) is 2.97. The van der Waals surface area contributed by atoms with Gasteiger partial charge in [0, 0.05) is 48.0 Å². The van der Waals surface area contributed by atoms with E-state index < -0.39 is 0 Å². The summed E-state index contributed by atoms with van der Waals surface area (Å²) in [4.78, 5) is 13.3. The van der Waals surface area contributed by atoms with Crippen molar-refractivity contribution in [1.82, 2.24) is 15.0 Å². The first kappa shape index (κ1) is 19.6. The van der Waals surface area contributed by atoms with Crippen LogP contribution in [0.15, 0.2) is 18.3 Å². The average molecular weight is 383 g/mol. The molecule has 0 radical (unpaired) electrons. The summed E-state index contributed by atoms with van der Waals surface area (Å²) in [6.07, 6.45) is 1.70. The van der Waals surface area contributed by atoms with Crippen molar-refractivity contribution in [3.8, 4) is 22.8 Å². The number of methoxy groups -OCH3 is 3. The normalized spacial score (nSPS) is 10.9. The molecule has 3 aromatic rings. The molecule has 0 spiro atoms. The monoisotopic (exact) mass is 383 g/mol. The summed E-state index contributed by atoms with van der Waals surface area (Å²) >= 11 is 0. The van der Waals surface area contributed by atoms with Crippen molar-refractivity contribution in [2.24, 2.45) is 0 Å². The zero-order valence-electron chi connectivity index (χ0n) is 16.8. The second-order valence-electron chi connectivity index (χ2n) is 6.35. The smallest absolute Gasteiger partial charge is 0.220 e. The van der Waals surface area contributed by atoms with Crippen LogP contribution < -0.4 is 20.5 Å². The maximum absolute atomic E-state index is 5.79. The zero-order valence-corrected chi connectivity index (χ0v) is 16.8. The number of anilines is 2. The summed E-state index contributed by atoms with van der Waals surface area (Å²) in [5, 5.41) is 4.11. The highest BCUT2D eigenvalue weighted by molar-refractivity contribution is 5.92. The van der Waals surface area contributed by atoms with Gasteiger partial charge in [-0.2, -0.15) is 0 Å². The first-order valence-electron chi connectivity index (χ1n) is 8.88. The van der Waals surface area contributed by atoms with Gasteiger partial charge in [-0.25, -0.2) is 15.0 Å². The molecule has 0 saturated heterocycles. The standard InChI is InChI=1S/C20H25N5O3/c1-11-15(27-4)9-16(28-5)12(2)17(11)14-8-13-10-23-20(21)25-18(13)19(24-14)22-6-7-26-3/h8-10H,6-7H2,1-5H3,(H,22,24)(H2,21,23,25). The van der Waals surface area contributed by atoms with Crippen molar-refractivity contribution in [1.29, 1.82) is 0 Å². The molecule has 2 aromatic heterocycles. The third kappa shape index (κ3) is 3.63. The Balaban J connectivity index is 2.25. The van der Waals surface area contributed by atoms with E-state index in [1.165, 1.54) is 0 Å². The minimum Gasteiger partial charge on any atom is -0.496 e. The van der Waals surface area contributed by atoms with E-state index >= 15 is 0 Å². The number of fused-ring (bicyclic) bond motifs is 1. The largest absolute Gasteiger partial charge is 0.496 e. The summed E-state index contributed by atoms with van der Waals surface area (Å²) in [6.45, 7) is 5.14. The Morgan fingerprint density at radius 3 is 2.29 bits per heavy atom. The Labute approximate surface area is 164 Å². The van der Waals surface area contributed by atoms with Crippen LogP contribution >= 0.6 is 0 Å². The molecule has 1 aromatic carbocycles. The molecule has 0 atom stereocenters. The van der Waals surface area contributed by atoms with Crippen molar-refractivity contribution in [3.63, 3.8) is 0 Å². The van der Waals surface area contributed by atoms with E-state index in [-0.39, 0.29) is 5.95 Å². The number of rotatable bonds is 7. The molecule has 8 nitrogen and oxygen atoms in total. The number of hydrogen-bond acceptors (Lipinski definition) is 8. The van der Waals surface area contributed by atoms with E-state index in [0.29, 0.717) is 24.5 Å². The van der Waals surface area contributed by atoms with Crippen LogP contribution in [-0.2, 0) is 4.74 Å². The highest BCUT2D eigenvalue weighted by Gasteiger charge is 2.18. The quantitative estimate of drug-likeness (QED) is 0.600. The number of benzene rings is 1. The molecule has 8 heteroatoms. The van der Waals surface area contributed by atoms with E-state index in [1.807, 2.05) is 26.0 Å². The number of hydrogen-bond donors (Lipinski definition) is 2. The third-order valence-electron chi connectivity index (χ3n) is 4.63. The van der Waals surface area contributed by atoms with Crippen LogP contribution in [0.5, 0.6) is 11.5 Å². The average Bonchev–Trinajstić information content (AvgIpc) is 2.69. The van der Waals surface area contributed by atoms with Gasteiger partial charge in [0.05, 0.1) is 26.5 Å². The molecule has 0 saturated carbocycles. The fraction of sp³-hybridized carbons (Fsp3) is 0.350. The fourth-order valence-corrected chi connectivity index (χ4v) is 3.25. The van der Waals surface area contributed by atoms with Gasteiger partial charge in [-0.15, -0.1) is 0 Å². The van der Waals surface area contributed by atoms with Crippen LogP contribution in [0.4, 0.5) is 11.8 Å². The second-order valence-corrected chi connectivity index (χ2v) is 6.35. The molecular formula is C20H25N5O3. The lowest BCUT2D eigenvalue weighted by molar-refractivity contribution is 0.210. The van der Waals surface area contributed by atoms with Gasteiger partial charge in [-0.1, -0.05) is 0 Å². The molecule has 2 heterocycles. The van der Waals surface area contributed by atoms with Crippen LogP contribution in [0.1, 0.15) is 11.1 Å². The van der Waals surface area contributed by atoms with Gasteiger partial charge in [-0.3, -0.25) is 0 Å². The number of ether oxygens (including phenoxy) is 3. The first-order chi connectivity index (χ1) is 13.5. The van der Waals surface area contributed by atoms with Crippen molar-refractivity contribution in [2.45, 2.75) is 13.8 Å². The molecule has 28 heavy (non-hydrogen) atoms. The fourth-order valence-electron chi connectivity index (χ4n) is 3.25. The van der Waals surface area contributed by atoms with Crippen molar-refractivity contribution in [3.05, 3.63) is 29.5 Å². The van der Waals surface area contributed by atoms with Crippen LogP contribution in [0.25, 0.3) is 22.2 Å². The van der Waals surface area contributed by atoms with Crippen LogP contribution in [0.2, 0.25) is 0 Å². The maximum atomic E-state index is 5.79. The van der Waals surface area contributed by atoms with Crippen molar-refractivity contribution < 1.29 is 14.2 Å². The van der Waals surface area contributed by atoms with E-state index in [1.54, 1.807) is 27.5 Å². The molecule has 148 valence electrons. The zero-order chi connectivity index (χ0) is 20.3. The number of aromatic nitrogens is 3. The summed E-state index contributed by atoms with van der Waals surface area (Å²) in [7, 11) is 4.94. The molecule has 0 fully saturated rings. The van der Waals surface area contributed by atoms with Gasteiger partial charge in [0.15, 0.2) is 5.82 Å². The Hall–Kier alpha value is -3.13. The first-order valence-corrected chi connectivity index (χ1v) is 8.88. The lowest BCUT2D eigenvalue weighted by Gasteiger charge is -2.18. The molecule has 0 aliphatic carbocycles. The van der Waals surface area contributed by atoms with Gasteiger partial charge in [0.1, 0.15) is 17.0 Å². The SMILES string of the molecule is COCCNc1nc(-c2c(C)c(OC)cc(OC)c2C)cc2cnc(N)nc12. The van der Waals surface area contributed by atoms with E-state index in [0.717, 1.165) is 39.3 Å². The lowest BCUT2D eigenvalue weighted by atomic mass is 9.97. The van der Waals surface area contributed by atoms with E-state index in [2.05, 4.69) is 15.3 Å². The summed E-state index contributed by atoms with van der Waals surface area (Å²) in [5.74, 6) is 2.30. The van der Waals surface area contributed by atoms with Crippen LogP contribution in [0, 0.1) is 13.8 Å².